The SMILES string of the molecule is CCCC(C)(CC)C1CCc2nc(N)sc2C1. The van der Waals surface area contributed by atoms with E-state index in [-0.39, 0.29) is 0 Å². The number of fused-ring (bicyclic) bond motifs is 1. The molecule has 0 aliphatic heterocycles. The highest BCUT2D eigenvalue weighted by Crippen LogP contribution is 2.44. The van der Waals surface area contributed by atoms with Gasteiger partial charge in [-0.15, -0.1) is 11.3 Å². The van der Waals surface area contributed by atoms with Crippen LogP contribution in [0.3, 0.4) is 0 Å². The van der Waals surface area contributed by atoms with Gasteiger partial charge in [0.05, 0.1) is 5.69 Å². The van der Waals surface area contributed by atoms with Crippen LogP contribution < -0.4 is 5.73 Å². The summed E-state index contributed by atoms with van der Waals surface area (Å²) in [6.07, 6.45) is 7.55. The Morgan fingerprint density at radius 3 is 2.88 bits per heavy atom. The van der Waals surface area contributed by atoms with Crippen LogP contribution in [0.15, 0.2) is 0 Å². The maximum Gasteiger partial charge on any atom is 0.180 e. The second-order valence-corrected chi connectivity index (χ2v) is 6.73. The number of aryl methyl sites for hydroxylation is 1. The Hall–Kier alpha value is -0.570. The van der Waals surface area contributed by atoms with Gasteiger partial charge >= 0.3 is 0 Å². The molecule has 2 unspecified atom stereocenters. The quantitative estimate of drug-likeness (QED) is 0.878. The summed E-state index contributed by atoms with van der Waals surface area (Å²) in [6.45, 7) is 7.11. The van der Waals surface area contributed by atoms with Crippen molar-refractivity contribution in [2.75, 3.05) is 5.73 Å². The maximum absolute atomic E-state index is 5.81. The van der Waals surface area contributed by atoms with E-state index in [0.717, 1.165) is 17.5 Å². The Kier molecular flexibility index (Phi) is 3.76. The summed E-state index contributed by atoms with van der Waals surface area (Å²) in [5.74, 6) is 0.819. The van der Waals surface area contributed by atoms with Gasteiger partial charge in [-0.05, 0) is 37.0 Å². The third kappa shape index (κ3) is 2.49. The van der Waals surface area contributed by atoms with Crippen molar-refractivity contribution in [3.05, 3.63) is 10.6 Å². The number of hydrogen-bond acceptors (Lipinski definition) is 3. The predicted molar refractivity (Wildman–Crippen MR) is 75.3 cm³/mol. The summed E-state index contributed by atoms with van der Waals surface area (Å²) < 4.78 is 0. The molecule has 2 nitrogen and oxygen atoms in total. The molecule has 1 aromatic heterocycles. The first-order chi connectivity index (χ1) is 8.09. The van der Waals surface area contributed by atoms with Crippen LogP contribution in [0.4, 0.5) is 5.13 Å². The molecule has 0 fully saturated rings. The van der Waals surface area contributed by atoms with E-state index in [0.29, 0.717) is 5.41 Å². The average molecular weight is 252 g/mol. The molecule has 1 aliphatic carbocycles. The van der Waals surface area contributed by atoms with E-state index in [1.807, 2.05) is 0 Å². The van der Waals surface area contributed by atoms with Crippen molar-refractivity contribution in [3.8, 4) is 0 Å². The van der Waals surface area contributed by atoms with Crippen LogP contribution in [-0.4, -0.2) is 4.98 Å². The topological polar surface area (TPSA) is 38.9 Å². The van der Waals surface area contributed by atoms with E-state index in [1.54, 1.807) is 11.3 Å². The Morgan fingerprint density at radius 2 is 2.24 bits per heavy atom. The van der Waals surface area contributed by atoms with Gasteiger partial charge in [-0.1, -0.05) is 33.6 Å². The van der Waals surface area contributed by atoms with E-state index in [9.17, 15) is 0 Å². The zero-order chi connectivity index (χ0) is 12.5. The Labute approximate surface area is 109 Å². The second-order valence-electron chi connectivity index (χ2n) is 5.62. The van der Waals surface area contributed by atoms with Gasteiger partial charge in [0.15, 0.2) is 5.13 Å². The highest BCUT2D eigenvalue weighted by molar-refractivity contribution is 7.15. The number of anilines is 1. The number of rotatable bonds is 4. The van der Waals surface area contributed by atoms with E-state index >= 15 is 0 Å². The molecule has 1 heterocycles. The van der Waals surface area contributed by atoms with Gasteiger partial charge in [-0.2, -0.15) is 0 Å². The Morgan fingerprint density at radius 1 is 1.47 bits per heavy atom. The van der Waals surface area contributed by atoms with Gasteiger partial charge in [0.1, 0.15) is 0 Å². The molecule has 0 amide bonds. The van der Waals surface area contributed by atoms with Crippen molar-refractivity contribution in [2.24, 2.45) is 11.3 Å². The molecule has 17 heavy (non-hydrogen) atoms. The minimum absolute atomic E-state index is 0.505. The number of aromatic nitrogens is 1. The molecule has 0 bridgehead atoms. The summed E-state index contributed by atoms with van der Waals surface area (Å²) in [6, 6.07) is 0. The third-order valence-corrected chi connectivity index (χ3v) is 5.52. The zero-order valence-corrected chi connectivity index (χ0v) is 12.1. The van der Waals surface area contributed by atoms with Gasteiger partial charge < -0.3 is 5.73 Å². The minimum Gasteiger partial charge on any atom is -0.375 e. The summed E-state index contributed by atoms with van der Waals surface area (Å²) >= 11 is 1.71. The van der Waals surface area contributed by atoms with Crippen molar-refractivity contribution in [3.63, 3.8) is 0 Å². The van der Waals surface area contributed by atoms with Crippen molar-refractivity contribution in [1.82, 2.24) is 4.98 Å². The third-order valence-electron chi connectivity index (χ3n) is 4.57. The largest absolute Gasteiger partial charge is 0.375 e. The number of hydrogen-bond donors (Lipinski definition) is 1. The standard InChI is InChI=1S/C14H24N2S/c1-4-8-14(3,5-2)10-6-7-11-12(9-10)17-13(15)16-11/h10H,4-9H2,1-3H3,(H2,15,16). The van der Waals surface area contributed by atoms with E-state index in [4.69, 9.17) is 5.73 Å². The molecular formula is C14H24N2S. The molecule has 1 aliphatic rings. The van der Waals surface area contributed by atoms with Crippen LogP contribution in [0.25, 0.3) is 0 Å². The molecule has 96 valence electrons. The lowest BCUT2D eigenvalue weighted by molar-refractivity contribution is 0.143. The molecule has 3 heteroatoms. The number of nitrogens with zero attached hydrogens (tertiary/aromatic N) is 1. The second kappa shape index (κ2) is 4.97. The molecular weight excluding hydrogens is 228 g/mol. The highest BCUT2D eigenvalue weighted by atomic mass is 32.1. The molecule has 0 saturated carbocycles. The lowest BCUT2D eigenvalue weighted by Crippen LogP contribution is -2.31. The van der Waals surface area contributed by atoms with E-state index < -0.39 is 0 Å². The fourth-order valence-electron chi connectivity index (χ4n) is 3.23. The Bertz CT molecular complexity index is 386. The number of thiazole rings is 1. The van der Waals surface area contributed by atoms with Crippen LogP contribution in [0.2, 0.25) is 0 Å². The monoisotopic (exact) mass is 252 g/mol. The minimum atomic E-state index is 0.505. The van der Waals surface area contributed by atoms with Crippen molar-refractivity contribution < 1.29 is 0 Å². The Balaban J connectivity index is 2.15. The zero-order valence-electron chi connectivity index (χ0n) is 11.3. The number of nitrogens with two attached hydrogens (primary N) is 1. The van der Waals surface area contributed by atoms with Crippen LogP contribution in [0.5, 0.6) is 0 Å². The highest BCUT2D eigenvalue weighted by Gasteiger charge is 2.35. The van der Waals surface area contributed by atoms with Crippen molar-refractivity contribution in [2.45, 2.75) is 59.3 Å². The van der Waals surface area contributed by atoms with Gasteiger partial charge in [0.25, 0.3) is 0 Å². The van der Waals surface area contributed by atoms with Gasteiger partial charge in [0, 0.05) is 4.88 Å². The smallest absolute Gasteiger partial charge is 0.180 e. The molecule has 2 N–H and O–H groups in total. The summed E-state index contributed by atoms with van der Waals surface area (Å²) in [4.78, 5) is 5.89. The van der Waals surface area contributed by atoms with E-state index in [1.165, 1.54) is 42.7 Å². The summed E-state index contributed by atoms with van der Waals surface area (Å²) in [5, 5.41) is 0.754. The van der Waals surface area contributed by atoms with Crippen molar-refractivity contribution >= 4 is 16.5 Å². The average Bonchev–Trinajstić information content (AvgIpc) is 2.68. The van der Waals surface area contributed by atoms with Crippen LogP contribution in [-0.2, 0) is 12.8 Å². The van der Waals surface area contributed by atoms with E-state index in [2.05, 4.69) is 25.8 Å². The fraction of sp³-hybridized carbons (Fsp3) is 0.786. The first-order valence-electron chi connectivity index (χ1n) is 6.83. The fourth-order valence-corrected chi connectivity index (χ4v) is 4.19. The number of nitrogen functional groups attached to an aromatic ring is 1. The van der Waals surface area contributed by atoms with Crippen LogP contribution >= 0.6 is 11.3 Å². The predicted octanol–water partition coefficient (Wildman–Crippen LogP) is 4.05. The molecule has 2 rings (SSSR count). The van der Waals surface area contributed by atoms with Gasteiger partial charge in [0.2, 0.25) is 0 Å². The summed E-state index contributed by atoms with van der Waals surface area (Å²) in [7, 11) is 0. The van der Waals surface area contributed by atoms with Gasteiger partial charge in [-0.25, -0.2) is 4.98 Å². The lowest BCUT2D eigenvalue weighted by atomic mass is 9.67. The summed E-state index contributed by atoms with van der Waals surface area (Å²) in [5.41, 5.74) is 7.59. The molecule has 0 saturated heterocycles. The molecule has 0 aromatic carbocycles. The lowest BCUT2D eigenvalue weighted by Gasteiger charge is -2.39. The van der Waals surface area contributed by atoms with Gasteiger partial charge in [-0.3, -0.25) is 0 Å². The first kappa shape index (κ1) is 12.9. The van der Waals surface area contributed by atoms with Crippen LogP contribution in [0, 0.1) is 11.3 Å². The maximum atomic E-state index is 5.81. The first-order valence-corrected chi connectivity index (χ1v) is 7.64. The molecule has 0 radical (unpaired) electrons. The van der Waals surface area contributed by atoms with Crippen LogP contribution in [0.1, 0.15) is 57.0 Å². The molecule has 2 atom stereocenters. The molecule has 0 spiro atoms. The normalized spacial score (nSPS) is 23.1. The molecule has 1 aromatic rings. The van der Waals surface area contributed by atoms with Crippen molar-refractivity contribution in [1.29, 1.82) is 0 Å².